The van der Waals surface area contributed by atoms with Gasteiger partial charge in [-0.15, -0.1) is 0 Å². The van der Waals surface area contributed by atoms with Crippen molar-refractivity contribution >= 4 is 17.8 Å². The van der Waals surface area contributed by atoms with Gasteiger partial charge in [-0.3, -0.25) is 14.9 Å². The third kappa shape index (κ3) is 5.03. The Bertz CT molecular complexity index is 866. The zero-order valence-corrected chi connectivity index (χ0v) is 13.0. The minimum absolute atomic E-state index is 0.160. The van der Waals surface area contributed by atoms with E-state index in [4.69, 9.17) is 0 Å². The van der Waals surface area contributed by atoms with Gasteiger partial charge in [-0.25, -0.2) is 5.43 Å². The van der Waals surface area contributed by atoms with Gasteiger partial charge in [-0.05, 0) is 23.8 Å². The maximum absolute atomic E-state index is 12.6. The molecule has 0 bridgehead atoms. The maximum atomic E-state index is 12.6. The molecular formula is C16H12F3N3O4. The van der Waals surface area contributed by atoms with Crippen LogP contribution in [-0.4, -0.2) is 22.2 Å². The second-order valence-corrected chi connectivity index (χ2v) is 5.17. The fourth-order valence-corrected chi connectivity index (χ4v) is 2.03. The van der Waals surface area contributed by atoms with Crippen molar-refractivity contribution in [3.63, 3.8) is 0 Å². The Hall–Kier alpha value is -3.43. The van der Waals surface area contributed by atoms with E-state index in [9.17, 15) is 33.2 Å². The summed E-state index contributed by atoms with van der Waals surface area (Å²) in [5, 5.41) is 23.6. The van der Waals surface area contributed by atoms with Crippen molar-refractivity contribution in [1.82, 2.24) is 5.43 Å². The van der Waals surface area contributed by atoms with Crippen LogP contribution in [0.1, 0.15) is 16.7 Å². The smallest absolute Gasteiger partial charge is 0.416 e. The quantitative estimate of drug-likeness (QED) is 0.481. The molecule has 0 radical (unpaired) electrons. The Morgan fingerprint density at radius 3 is 2.65 bits per heavy atom. The first-order chi connectivity index (χ1) is 12.2. The molecule has 0 unspecified atom stereocenters. The fourth-order valence-electron chi connectivity index (χ4n) is 2.03. The molecule has 7 nitrogen and oxygen atoms in total. The number of benzene rings is 2. The standard InChI is InChI=1S/C16H12F3N3O4/c17-16(18,19)12-3-1-2-10(6-12)8-15(24)21-20-9-11-4-5-14(23)13(7-11)22(25)26/h1-7,9,23H,8H2,(H,21,24). The maximum Gasteiger partial charge on any atom is 0.416 e. The van der Waals surface area contributed by atoms with E-state index in [0.29, 0.717) is 0 Å². The fraction of sp³-hybridized carbons (Fsp3) is 0.125. The average molecular weight is 367 g/mol. The second-order valence-electron chi connectivity index (χ2n) is 5.17. The minimum Gasteiger partial charge on any atom is -0.502 e. The summed E-state index contributed by atoms with van der Waals surface area (Å²) in [6, 6.07) is 7.84. The SMILES string of the molecule is O=C(Cc1cccc(C(F)(F)F)c1)NN=Cc1ccc(O)c([N+](=O)[O-])c1. The number of nitro groups is 1. The first kappa shape index (κ1) is 18.9. The predicted molar refractivity (Wildman–Crippen MR) is 85.6 cm³/mol. The van der Waals surface area contributed by atoms with E-state index in [-0.39, 0.29) is 17.5 Å². The number of hydrogen-bond acceptors (Lipinski definition) is 5. The molecule has 0 spiro atoms. The molecule has 0 aliphatic carbocycles. The van der Waals surface area contributed by atoms with Crippen LogP contribution in [0.4, 0.5) is 18.9 Å². The number of phenols is 1. The number of carbonyl (C=O) groups excluding carboxylic acids is 1. The number of hydrogen-bond donors (Lipinski definition) is 2. The molecule has 0 aliphatic heterocycles. The topological polar surface area (TPSA) is 105 Å². The van der Waals surface area contributed by atoms with Gasteiger partial charge >= 0.3 is 11.9 Å². The lowest BCUT2D eigenvalue weighted by Gasteiger charge is -2.08. The zero-order valence-electron chi connectivity index (χ0n) is 13.0. The highest BCUT2D eigenvalue weighted by Crippen LogP contribution is 2.29. The van der Waals surface area contributed by atoms with Crippen molar-refractivity contribution < 1.29 is 28.0 Å². The van der Waals surface area contributed by atoms with E-state index < -0.39 is 34.0 Å². The van der Waals surface area contributed by atoms with Crippen molar-refractivity contribution in [3.05, 3.63) is 69.3 Å². The molecule has 2 aromatic rings. The Morgan fingerprint density at radius 1 is 1.27 bits per heavy atom. The number of halogens is 3. The van der Waals surface area contributed by atoms with Crippen LogP contribution in [0, 0.1) is 10.1 Å². The summed E-state index contributed by atoms with van der Waals surface area (Å²) in [5.41, 5.74) is 1.14. The molecule has 0 saturated heterocycles. The van der Waals surface area contributed by atoms with E-state index in [1.54, 1.807) is 0 Å². The summed E-state index contributed by atoms with van der Waals surface area (Å²) in [4.78, 5) is 21.7. The van der Waals surface area contributed by atoms with Crippen molar-refractivity contribution in [3.8, 4) is 5.75 Å². The van der Waals surface area contributed by atoms with Crippen LogP contribution in [0.15, 0.2) is 47.6 Å². The molecule has 2 aromatic carbocycles. The lowest BCUT2D eigenvalue weighted by atomic mass is 10.1. The highest BCUT2D eigenvalue weighted by Gasteiger charge is 2.30. The third-order valence-corrected chi connectivity index (χ3v) is 3.22. The Morgan fingerprint density at radius 2 is 2.00 bits per heavy atom. The summed E-state index contributed by atoms with van der Waals surface area (Å²) in [6.45, 7) is 0. The second kappa shape index (κ2) is 7.64. The number of nitrogens with one attached hydrogen (secondary N) is 1. The van der Waals surface area contributed by atoms with Crippen LogP contribution in [0.25, 0.3) is 0 Å². The van der Waals surface area contributed by atoms with E-state index in [2.05, 4.69) is 10.5 Å². The van der Waals surface area contributed by atoms with Gasteiger partial charge in [-0.2, -0.15) is 18.3 Å². The molecule has 136 valence electrons. The summed E-state index contributed by atoms with van der Waals surface area (Å²) in [5.74, 6) is -1.17. The third-order valence-electron chi connectivity index (χ3n) is 3.22. The molecular weight excluding hydrogens is 355 g/mol. The van der Waals surface area contributed by atoms with E-state index >= 15 is 0 Å². The number of hydrazone groups is 1. The number of nitro benzene ring substituents is 1. The highest BCUT2D eigenvalue weighted by molar-refractivity contribution is 5.84. The van der Waals surface area contributed by atoms with Crippen molar-refractivity contribution in [2.24, 2.45) is 5.10 Å². The summed E-state index contributed by atoms with van der Waals surface area (Å²) in [6.07, 6.45) is -3.72. The predicted octanol–water partition coefficient (Wildman–Crippen LogP) is 3.01. The van der Waals surface area contributed by atoms with Crippen LogP contribution >= 0.6 is 0 Å². The van der Waals surface area contributed by atoms with Crippen molar-refractivity contribution in [1.29, 1.82) is 0 Å². The molecule has 2 rings (SSSR count). The number of amides is 1. The molecule has 1 amide bonds. The number of phenolic OH excluding ortho intramolecular Hbond substituents is 1. The van der Waals surface area contributed by atoms with Crippen LogP contribution in [-0.2, 0) is 17.4 Å². The first-order valence-electron chi connectivity index (χ1n) is 7.12. The Labute approximate surface area is 144 Å². The van der Waals surface area contributed by atoms with Gasteiger partial charge in [0.1, 0.15) is 0 Å². The normalized spacial score (nSPS) is 11.5. The van der Waals surface area contributed by atoms with E-state index in [1.165, 1.54) is 18.2 Å². The average Bonchev–Trinajstić information content (AvgIpc) is 2.55. The van der Waals surface area contributed by atoms with Crippen LogP contribution < -0.4 is 5.43 Å². The van der Waals surface area contributed by atoms with E-state index in [0.717, 1.165) is 30.5 Å². The lowest BCUT2D eigenvalue weighted by molar-refractivity contribution is -0.385. The molecule has 0 saturated carbocycles. The molecule has 0 heterocycles. The summed E-state index contributed by atoms with van der Waals surface area (Å²) in [7, 11) is 0. The summed E-state index contributed by atoms with van der Waals surface area (Å²) >= 11 is 0. The largest absolute Gasteiger partial charge is 0.502 e. The lowest BCUT2D eigenvalue weighted by Crippen LogP contribution is -2.20. The first-order valence-corrected chi connectivity index (χ1v) is 7.12. The van der Waals surface area contributed by atoms with Gasteiger partial charge < -0.3 is 5.11 Å². The molecule has 26 heavy (non-hydrogen) atoms. The monoisotopic (exact) mass is 367 g/mol. The van der Waals surface area contributed by atoms with Crippen LogP contribution in [0.3, 0.4) is 0 Å². The number of rotatable bonds is 5. The Balaban J connectivity index is 2.00. The molecule has 10 heteroatoms. The van der Waals surface area contributed by atoms with Gasteiger partial charge in [0.25, 0.3) is 0 Å². The van der Waals surface area contributed by atoms with Gasteiger partial charge in [0.2, 0.25) is 5.91 Å². The molecule has 2 N–H and O–H groups in total. The number of carbonyl (C=O) groups is 1. The molecule has 0 aliphatic rings. The zero-order chi connectivity index (χ0) is 19.3. The number of alkyl halides is 3. The van der Waals surface area contributed by atoms with Crippen LogP contribution in [0.2, 0.25) is 0 Å². The Kier molecular flexibility index (Phi) is 5.55. The van der Waals surface area contributed by atoms with Crippen LogP contribution in [0.5, 0.6) is 5.75 Å². The van der Waals surface area contributed by atoms with Gasteiger partial charge in [0, 0.05) is 11.6 Å². The summed E-state index contributed by atoms with van der Waals surface area (Å²) < 4.78 is 37.9. The highest BCUT2D eigenvalue weighted by atomic mass is 19.4. The number of nitrogens with zero attached hydrogens (tertiary/aromatic N) is 2. The van der Waals surface area contributed by atoms with Gasteiger partial charge in [-0.1, -0.05) is 18.2 Å². The minimum atomic E-state index is -4.50. The van der Waals surface area contributed by atoms with Crippen molar-refractivity contribution in [2.45, 2.75) is 12.6 Å². The molecule has 0 atom stereocenters. The molecule has 0 aromatic heterocycles. The molecule has 0 fully saturated rings. The van der Waals surface area contributed by atoms with Gasteiger partial charge in [0.05, 0.1) is 23.1 Å². The van der Waals surface area contributed by atoms with Gasteiger partial charge in [0.15, 0.2) is 5.75 Å². The number of aromatic hydroxyl groups is 1. The van der Waals surface area contributed by atoms with Crippen molar-refractivity contribution in [2.75, 3.05) is 0 Å². The van der Waals surface area contributed by atoms with E-state index in [1.807, 2.05) is 0 Å².